The summed E-state index contributed by atoms with van der Waals surface area (Å²) in [5.41, 5.74) is 2.55. The molecule has 0 aliphatic carbocycles. The van der Waals surface area contributed by atoms with E-state index >= 15 is 0 Å². The molecular weight excluding hydrogens is 681 g/mol. The summed E-state index contributed by atoms with van der Waals surface area (Å²) in [6, 6.07) is 20.7. The summed E-state index contributed by atoms with van der Waals surface area (Å²) in [6.07, 6.45) is 36.5. The van der Waals surface area contributed by atoms with Crippen LogP contribution in [0.15, 0.2) is 60.7 Å². The van der Waals surface area contributed by atoms with Gasteiger partial charge in [0.15, 0.2) is 0 Å². The molecule has 2 rings (SSSR count). The van der Waals surface area contributed by atoms with Gasteiger partial charge in [0.25, 0.3) is 0 Å². The van der Waals surface area contributed by atoms with E-state index in [9.17, 15) is 19.8 Å². The Labute approximate surface area is 357 Å². The van der Waals surface area contributed by atoms with Crippen LogP contribution in [0.2, 0.25) is 0 Å². The van der Waals surface area contributed by atoms with Crippen molar-refractivity contribution in [3.05, 3.63) is 71.8 Å². The van der Waals surface area contributed by atoms with Gasteiger partial charge in [-0.3, -0.25) is 0 Å². The smallest absolute Gasteiger partial charge is 0.550 e. The minimum atomic E-state index is -0.930. The number of carboxylic acids is 2. The SMILES string of the molecule is CCCCCCCCCCCCCCC(CCC(=O)[O-])c1ccccc1.CCCCCCCCCCCCCCC(CCC(=O)[O-])c1ccccc1.[Ca+2]. The van der Waals surface area contributed by atoms with Gasteiger partial charge in [-0.1, -0.05) is 229 Å². The quantitative estimate of drug-likeness (QED) is 0.0526. The van der Waals surface area contributed by atoms with E-state index in [4.69, 9.17) is 0 Å². The molecule has 0 amide bonds. The molecule has 2 unspecified atom stereocenters. The number of carbonyl (C=O) groups excluding carboxylic acids is 2. The summed E-state index contributed by atoms with van der Waals surface area (Å²) >= 11 is 0. The van der Waals surface area contributed by atoms with Crippen molar-refractivity contribution >= 4 is 49.7 Å². The maximum atomic E-state index is 10.8. The molecule has 0 saturated heterocycles. The van der Waals surface area contributed by atoms with Crippen LogP contribution in [-0.4, -0.2) is 49.7 Å². The second kappa shape index (κ2) is 38.9. The zero-order valence-electron chi connectivity index (χ0n) is 34.5. The summed E-state index contributed by atoms with van der Waals surface area (Å²) in [5, 5.41) is 21.6. The summed E-state index contributed by atoms with van der Waals surface area (Å²) in [5.74, 6) is -1.14. The van der Waals surface area contributed by atoms with Crippen LogP contribution in [0.5, 0.6) is 0 Å². The van der Waals surface area contributed by atoms with Crippen molar-refractivity contribution in [3.63, 3.8) is 0 Å². The Morgan fingerprint density at radius 3 is 0.887 bits per heavy atom. The topological polar surface area (TPSA) is 80.3 Å². The Morgan fingerprint density at radius 1 is 0.396 bits per heavy atom. The third-order valence-corrected chi connectivity index (χ3v) is 10.7. The van der Waals surface area contributed by atoms with Gasteiger partial charge in [0, 0.05) is 11.9 Å². The Hall–Kier alpha value is -1.36. The molecule has 0 bridgehead atoms. The minimum Gasteiger partial charge on any atom is -0.550 e. The predicted octanol–water partition coefficient (Wildman–Crippen LogP) is 12.4. The van der Waals surface area contributed by atoms with Gasteiger partial charge >= 0.3 is 37.7 Å². The summed E-state index contributed by atoms with van der Waals surface area (Å²) in [4.78, 5) is 21.6. The molecule has 2 aromatic carbocycles. The van der Waals surface area contributed by atoms with Crippen molar-refractivity contribution in [3.8, 4) is 0 Å². The maximum absolute atomic E-state index is 10.8. The molecule has 0 spiro atoms. The molecule has 0 aliphatic heterocycles. The van der Waals surface area contributed by atoms with E-state index in [2.05, 4.69) is 38.1 Å². The Bertz CT molecular complexity index is 974. The maximum Gasteiger partial charge on any atom is 2.00 e. The van der Waals surface area contributed by atoms with E-state index in [-0.39, 0.29) is 50.6 Å². The molecule has 2 atom stereocenters. The molecule has 0 aromatic heterocycles. The van der Waals surface area contributed by atoms with Crippen molar-refractivity contribution in [2.75, 3.05) is 0 Å². The van der Waals surface area contributed by atoms with Crippen molar-refractivity contribution in [1.82, 2.24) is 0 Å². The van der Waals surface area contributed by atoms with Crippen LogP contribution in [-0.2, 0) is 9.59 Å². The Kier molecular flexibility index (Phi) is 37.9. The molecule has 53 heavy (non-hydrogen) atoms. The van der Waals surface area contributed by atoms with E-state index < -0.39 is 11.9 Å². The number of hydrogen-bond acceptors (Lipinski definition) is 4. The molecule has 4 nitrogen and oxygen atoms in total. The van der Waals surface area contributed by atoms with E-state index in [0.717, 1.165) is 12.8 Å². The zero-order valence-corrected chi connectivity index (χ0v) is 36.7. The molecule has 0 fully saturated rings. The number of carboxylic acid groups (broad SMARTS) is 2. The third-order valence-electron chi connectivity index (χ3n) is 10.7. The van der Waals surface area contributed by atoms with Gasteiger partial charge in [-0.15, -0.1) is 0 Å². The Morgan fingerprint density at radius 2 is 0.642 bits per heavy atom. The van der Waals surface area contributed by atoms with Crippen LogP contribution in [0.1, 0.15) is 229 Å². The van der Waals surface area contributed by atoms with Crippen LogP contribution in [0.4, 0.5) is 0 Å². The zero-order chi connectivity index (χ0) is 37.7. The molecule has 0 N–H and O–H groups in total. The van der Waals surface area contributed by atoms with Crippen LogP contribution < -0.4 is 10.2 Å². The number of carbonyl (C=O) groups is 2. The van der Waals surface area contributed by atoms with Crippen LogP contribution >= 0.6 is 0 Å². The summed E-state index contributed by atoms with van der Waals surface area (Å²) in [6.45, 7) is 4.54. The van der Waals surface area contributed by atoms with Gasteiger partial charge in [0.05, 0.1) is 0 Å². The first-order valence-electron chi connectivity index (χ1n) is 22.0. The van der Waals surface area contributed by atoms with Crippen molar-refractivity contribution in [1.29, 1.82) is 0 Å². The van der Waals surface area contributed by atoms with E-state index in [1.54, 1.807) is 0 Å². The van der Waals surface area contributed by atoms with Crippen LogP contribution in [0, 0.1) is 0 Å². The number of aliphatic carboxylic acids is 2. The number of rotatable bonds is 34. The molecular formula is C48H78CaO4. The molecule has 0 saturated carbocycles. The molecule has 5 heteroatoms. The van der Waals surface area contributed by atoms with Gasteiger partial charge in [-0.05, 0) is 61.5 Å². The first kappa shape index (κ1) is 51.6. The molecule has 296 valence electrons. The van der Waals surface area contributed by atoms with Crippen molar-refractivity contribution < 1.29 is 19.8 Å². The van der Waals surface area contributed by atoms with E-state index in [1.165, 1.54) is 165 Å². The fraction of sp³-hybridized carbons (Fsp3) is 0.708. The van der Waals surface area contributed by atoms with Gasteiger partial charge in [0.2, 0.25) is 0 Å². The largest absolute Gasteiger partial charge is 2.00 e. The number of benzene rings is 2. The second-order valence-corrected chi connectivity index (χ2v) is 15.4. The average Bonchev–Trinajstić information content (AvgIpc) is 3.15. The minimum absolute atomic E-state index is 0. The molecule has 0 aliphatic rings. The number of unbranched alkanes of at least 4 members (excludes halogenated alkanes) is 22. The average molecular weight is 759 g/mol. The van der Waals surface area contributed by atoms with Crippen molar-refractivity contribution in [2.24, 2.45) is 0 Å². The normalized spacial score (nSPS) is 12.0. The van der Waals surface area contributed by atoms with Gasteiger partial charge in [0.1, 0.15) is 0 Å². The van der Waals surface area contributed by atoms with Gasteiger partial charge in [-0.25, -0.2) is 0 Å². The summed E-state index contributed by atoms with van der Waals surface area (Å²) in [7, 11) is 0. The summed E-state index contributed by atoms with van der Waals surface area (Å²) < 4.78 is 0. The van der Waals surface area contributed by atoms with Crippen LogP contribution in [0.25, 0.3) is 0 Å². The van der Waals surface area contributed by atoms with Crippen molar-refractivity contribution in [2.45, 2.75) is 218 Å². The second-order valence-electron chi connectivity index (χ2n) is 15.4. The fourth-order valence-corrected chi connectivity index (χ4v) is 7.45. The number of hydrogen-bond donors (Lipinski definition) is 0. The standard InChI is InChI=1S/2C24H40O2.Ca/c2*1-2-3-4-5-6-7-8-9-10-11-12-14-19-23(20-21-24(25)26)22-17-15-13-16-18-22;/h2*13,15-18,23H,2-12,14,19-21H2,1H3,(H,25,26);/q;;+2/p-2. The molecule has 2 aromatic rings. The first-order chi connectivity index (χ1) is 25.5. The van der Waals surface area contributed by atoms with E-state index in [0.29, 0.717) is 24.7 Å². The van der Waals surface area contributed by atoms with E-state index in [1.807, 2.05) is 36.4 Å². The molecule has 0 heterocycles. The fourth-order valence-electron chi connectivity index (χ4n) is 7.45. The predicted molar refractivity (Wildman–Crippen MR) is 224 cm³/mol. The molecule has 0 radical (unpaired) electrons. The Balaban J connectivity index is 0.00000100. The third kappa shape index (κ3) is 32.6. The first-order valence-corrected chi connectivity index (χ1v) is 22.0. The monoisotopic (exact) mass is 759 g/mol. The van der Waals surface area contributed by atoms with Gasteiger partial charge < -0.3 is 19.8 Å². The van der Waals surface area contributed by atoms with Gasteiger partial charge in [-0.2, -0.15) is 0 Å². The van der Waals surface area contributed by atoms with Crippen LogP contribution in [0.3, 0.4) is 0 Å².